The smallest absolute Gasteiger partial charge is 0.137 e. The highest BCUT2D eigenvalue weighted by Gasteiger charge is 2.20. The largest absolute Gasteiger partial charge is 0.346 e. The Balaban J connectivity index is 1.50. The van der Waals surface area contributed by atoms with Crippen molar-refractivity contribution in [2.45, 2.75) is 20.3 Å². The normalized spacial score (nSPS) is 18.5. The first-order chi connectivity index (χ1) is 12.2. The van der Waals surface area contributed by atoms with E-state index in [2.05, 4.69) is 50.1 Å². The second-order valence-corrected chi connectivity index (χ2v) is 6.89. The van der Waals surface area contributed by atoms with Gasteiger partial charge >= 0.3 is 0 Å². The summed E-state index contributed by atoms with van der Waals surface area (Å²) in [4.78, 5) is 18.8. The van der Waals surface area contributed by atoms with Gasteiger partial charge in [0.25, 0.3) is 0 Å². The van der Waals surface area contributed by atoms with Crippen LogP contribution in [0.2, 0.25) is 0 Å². The highest BCUT2D eigenvalue weighted by molar-refractivity contribution is 5.91. The molecule has 25 heavy (non-hydrogen) atoms. The van der Waals surface area contributed by atoms with Crippen LogP contribution in [0.25, 0.3) is 16.6 Å². The molecule has 1 unspecified atom stereocenters. The van der Waals surface area contributed by atoms with E-state index in [0.29, 0.717) is 5.92 Å². The van der Waals surface area contributed by atoms with E-state index in [1.54, 1.807) is 0 Å². The average molecular weight is 333 g/mol. The zero-order valence-corrected chi connectivity index (χ0v) is 14.7. The van der Waals surface area contributed by atoms with Crippen molar-refractivity contribution in [1.82, 2.24) is 24.8 Å². The monoisotopic (exact) mass is 333 g/mol. The maximum atomic E-state index is 4.41. The first-order valence-corrected chi connectivity index (χ1v) is 8.82. The number of nitrogens with one attached hydrogen (secondary N) is 1. The van der Waals surface area contributed by atoms with Gasteiger partial charge in [0.15, 0.2) is 0 Å². The third-order valence-electron chi connectivity index (χ3n) is 4.77. The minimum absolute atomic E-state index is 0.541. The Hall–Kier alpha value is -2.53. The Kier molecular flexibility index (Phi) is 4.32. The van der Waals surface area contributed by atoms with Gasteiger partial charge in [0.1, 0.15) is 11.5 Å². The number of rotatable bonds is 4. The molecular weight excluding hydrogens is 310 g/mol. The third-order valence-corrected chi connectivity index (χ3v) is 4.77. The second kappa shape index (κ2) is 6.76. The van der Waals surface area contributed by atoms with E-state index in [1.807, 2.05) is 31.6 Å². The molecule has 128 valence electrons. The second-order valence-electron chi connectivity index (χ2n) is 6.89. The third kappa shape index (κ3) is 3.46. The Morgan fingerprint density at radius 1 is 1.24 bits per heavy atom. The molecule has 1 aliphatic heterocycles. The van der Waals surface area contributed by atoms with E-state index < -0.39 is 0 Å². The quantitative estimate of drug-likeness (QED) is 0.796. The maximum Gasteiger partial charge on any atom is 0.137 e. The molecule has 3 aromatic rings. The van der Waals surface area contributed by atoms with Crippen LogP contribution in [0.15, 0.2) is 43.0 Å². The number of hydrogen-bond acceptors (Lipinski definition) is 4. The first kappa shape index (κ1) is 16.0. The first-order valence-electron chi connectivity index (χ1n) is 8.82. The zero-order valence-electron chi connectivity index (χ0n) is 14.7. The van der Waals surface area contributed by atoms with Gasteiger partial charge in [0, 0.05) is 55.4 Å². The van der Waals surface area contributed by atoms with E-state index in [9.17, 15) is 0 Å². The molecule has 0 saturated carbocycles. The van der Waals surface area contributed by atoms with Crippen LogP contribution in [0, 0.1) is 12.8 Å². The van der Waals surface area contributed by atoms with Gasteiger partial charge in [0.2, 0.25) is 0 Å². The van der Waals surface area contributed by atoms with Crippen LogP contribution < -0.4 is 0 Å². The van der Waals surface area contributed by atoms with Crippen LogP contribution in [0.4, 0.5) is 0 Å². The molecule has 3 aromatic heterocycles. The van der Waals surface area contributed by atoms with Gasteiger partial charge in [-0.15, -0.1) is 0 Å². The van der Waals surface area contributed by atoms with Crippen molar-refractivity contribution in [3.63, 3.8) is 0 Å². The molecule has 0 aliphatic carbocycles. The van der Waals surface area contributed by atoms with E-state index in [4.69, 9.17) is 0 Å². The predicted octanol–water partition coefficient (Wildman–Crippen LogP) is 3.24. The van der Waals surface area contributed by atoms with E-state index in [0.717, 1.165) is 37.5 Å². The highest BCUT2D eigenvalue weighted by Crippen LogP contribution is 2.28. The summed E-state index contributed by atoms with van der Waals surface area (Å²) < 4.78 is 0. The Bertz CT molecular complexity index is 894. The molecule has 1 N–H and O–H groups in total. The van der Waals surface area contributed by atoms with Crippen LogP contribution in [-0.4, -0.2) is 44.5 Å². The van der Waals surface area contributed by atoms with Gasteiger partial charge in [-0.3, -0.25) is 4.90 Å². The van der Waals surface area contributed by atoms with Crippen LogP contribution in [0.3, 0.4) is 0 Å². The van der Waals surface area contributed by atoms with Gasteiger partial charge in [-0.25, -0.2) is 15.0 Å². The Labute approximate surface area is 147 Å². The van der Waals surface area contributed by atoms with Crippen LogP contribution in [-0.2, 0) is 6.42 Å². The summed E-state index contributed by atoms with van der Waals surface area (Å²) in [5.74, 6) is 1.37. The van der Waals surface area contributed by atoms with Crippen molar-refractivity contribution >= 4 is 16.6 Å². The predicted molar refractivity (Wildman–Crippen MR) is 100 cm³/mol. The minimum atomic E-state index is 0.541. The lowest BCUT2D eigenvalue weighted by molar-refractivity contribution is 0.275. The lowest BCUT2D eigenvalue weighted by Gasteiger charge is -2.30. The zero-order chi connectivity index (χ0) is 17.2. The molecule has 0 aromatic carbocycles. The Morgan fingerprint density at radius 3 is 2.92 bits per heavy atom. The fourth-order valence-electron chi connectivity index (χ4n) is 3.56. The summed E-state index contributed by atoms with van der Waals surface area (Å²) in [6, 6.07) is 4.14. The molecule has 0 spiro atoms. The van der Waals surface area contributed by atoms with Crippen molar-refractivity contribution < 1.29 is 0 Å². The number of aromatic amines is 1. The van der Waals surface area contributed by atoms with Crippen LogP contribution in [0.5, 0.6) is 0 Å². The fourth-order valence-corrected chi connectivity index (χ4v) is 3.56. The lowest BCUT2D eigenvalue weighted by Crippen LogP contribution is -2.35. The number of aromatic nitrogens is 4. The number of fused-ring (bicyclic) bond motifs is 1. The Morgan fingerprint density at radius 2 is 2.08 bits per heavy atom. The number of H-pyrrole nitrogens is 1. The van der Waals surface area contributed by atoms with Crippen molar-refractivity contribution in [2.24, 2.45) is 5.92 Å². The molecule has 5 heteroatoms. The summed E-state index contributed by atoms with van der Waals surface area (Å²) in [7, 11) is 0. The van der Waals surface area contributed by atoms with Crippen molar-refractivity contribution in [3.8, 4) is 0 Å². The maximum absolute atomic E-state index is 4.41. The number of nitrogens with zero attached hydrogens (tertiary/aromatic N) is 4. The molecule has 1 aliphatic rings. The van der Waals surface area contributed by atoms with Gasteiger partial charge in [-0.1, -0.05) is 13.0 Å². The minimum Gasteiger partial charge on any atom is -0.346 e. The molecule has 5 nitrogen and oxygen atoms in total. The molecule has 0 bridgehead atoms. The van der Waals surface area contributed by atoms with Gasteiger partial charge in [0.05, 0.1) is 0 Å². The number of aryl methyl sites for hydroxylation is 1. The van der Waals surface area contributed by atoms with Crippen LogP contribution in [0.1, 0.15) is 23.9 Å². The summed E-state index contributed by atoms with van der Waals surface area (Å²) in [6.07, 6.45) is 11.2. The molecule has 0 amide bonds. The average Bonchev–Trinajstić information content (AvgIpc) is 3.05. The standard InChI is InChI=1S/C20H23N5/c1-14-8-17(19-11-24-20-18(19)4-3-6-21-20)13-25(12-14)7-5-16-9-22-15(2)23-10-16/h3-4,6,8-11,14H,5,7,12-13H2,1-2H3,(H,21,24). The van der Waals surface area contributed by atoms with Gasteiger partial charge in [-0.05, 0) is 42.5 Å². The highest BCUT2D eigenvalue weighted by atomic mass is 15.1. The number of hydrogen-bond donors (Lipinski definition) is 1. The molecule has 4 rings (SSSR count). The fraction of sp³-hybridized carbons (Fsp3) is 0.350. The molecule has 0 fully saturated rings. The molecule has 1 atom stereocenters. The lowest BCUT2D eigenvalue weighted by atomic mass is 9.96. The van der Waals surface area contributed by atoms with Crippen LogP contribution >= 0.6 is 0 Å². The van der Waals surface area contributed by atoms with Crippen molar-refractivity contribution in [3.05, 3.63) is 59.9 Å². The summed E-state index contributed by atoms with van der Waals surface area (Å²) in [6.45, 7) is 7.29. The summed E-state index contributed by atoms with van der Waals surface area (Å²) in [5, 5.41) is 1.20. The van der Waals surface area contributed by atoms with Crippen molar-refractivity contribution in [2.75, 3.05) is 19.6 Å². The molecular formula is C20H23N5. The van der Waals surface area contributed by atoms with Gasteiger partial charge < -0.3 is 4.98 Å². The van der Waals surface area contributed by atoms with E-state index in [-0.39, 0.29) is 0 Å². The van der Waals surface area contributed by atoms with Gasteiger partial charge in [-0.2, -0.15) is 0 Å². The van der Waals surface area contributed by atoms with E-state index in [1.165, 1.54) is 22.1 Å². The summed E-state index contributed by atoms with van der Waals surface area (Å²) in [5.41, 5.74) is 4.82. The topological polar surface area (TPSA) is 57.7 Å². The molecule has 4 heterocycles. The molecule has 0 radical (unpaired) electrons. The van der Waals surface area contributed by atoms with Crippen molar-refractivity contribution in [1.29, 1.82) is 0 Å². The summed E-state index contributed by atoms with van der Waals surface area (Å²) >= 11 is 0. The number of pyridine rings is 1. The SMILES string of the molecule is Cc1ncc(CCN2CC(c3c[nH]c4ncccc34)=CC(C)C2)cn1. The van der Waals surface area contributed by atoms with E-state index >= 15 is 0 Å². The molecule has 0 saturated heterocycles.